The number of carboxylic acid groups (broad SMARTS) is 1. The second kappa shape index (κ2) is 4.92. The van der Waals surface area contributed by atoms with Gasteiger partial charge in [-0.05, 0) is 36.9 Å². The van der Waals surface area contributed by atoms with Crippen molar-refractivity contribution < 1.29 is 9.90 Å². The van der Waals surface area contributed by atoms with Crippen LogP contribution in [0.15, 0.2) is 40.6 Å². The topological polar surface area (TPSA) is 76.0 Å². The van der Waals surface area contributed by atoms with Crippen molar-refractivity contribution in [1.82, 2.24) is 15.0 Å². The van der Waals surface area contributed by atoms with Crippen LogP contribution in [-0.2, 0) is 0 Å². The smallest absolute Gasteiger partial charge is 0.355 e. The number of pyridine rings is 1. The molecule has 6 heteroatoms. The van der Waals surface area contributed by atoms with Gasteiger partial charge in [0.2, 0.25) is 0 Å². The van der Waals surface area contributed by atoms with Gasteiger partial charge in [-0.15, -0.1) is 0 Å². The van der Waals surface area contributed by atoms with E-state index in [0.29, 0.717) is 10.1 Å². The molecule has 0 radical (unpaired) electrons. The predicted octanol–water partition coefficient (Wildman–Crippen LogP) is 2.03. The molecule has 0 fully saturated rings. The van der Waals surface area contributed by atoms with E-state index in [0.717, 1.165) is 5.69 Å². The third-order valence-corrected chi connectivity index (χ3v) is 2.88. The average Bonchev–Trinajstić information content (AvgIpc) is 2.29. The van der Waals surface area contributed by atoms with Crippen molar-refractivity contribution >= 4 is 17.7 Å². The summed E-state index contributed by atoms with van der Waals surface area (Å²) in [4.78, 5) is 23.6. The van der Waals surface area contributed by atoms with E-state index in [1.165, 1.54) is 18.0 Å². The average molecular weight is 247 g/mol. The zero-order valence-electron chi connectivity index (χ0n) is 8.99. The zero-order valence-corrected chi connectivity index (χ0v) is 9.81. The lowest BCUT2D eigenvalue weighted by atomic mass is 10.3. The summed E-state index contributed by atoms with van der Waals surface area (Å²) >= 11 is 1.19. The van der Waals surface area contributed by atoms with Crippen LogP contribution in [0, 0.1) is 6.92 Å². The molecular weight excluding hydrogens is 238 g/mol. The van der Waals surface area contributed by atoms with Gasteiger partial charge in [0, 0.05) is 23.0 Å². The second-order valence-corrected chi connectivity index (χ2v) is 4.25. The largest absolute Gasteiger partial charge is 0.476 e. The maximum Gasteiger partial charge on any atom is 0.355 e. The van der Waals surface area contributed by atoms with Crippen molar-refractivity contribution in [2.24, 2.45) is 0 Å². The van der Waals surface area contributed by atoms with E-state index in [4.69, 9.17) is 5.11 Å². The fourth-order valence-electron chi connectivity index (χ4n) is 1.21. The van der Waals surface area contributed by atoms with Crippen molar-refractivity contribution in [2.45, 2.75) is 17.0 Å². The van der Waals surface area contributed by atoms with Crippen molar-refractivity contribution in [3.63, 3.8) is 0 Å². The minimum atomic E-state index is -1.05. The van der Waals surface area contributed by atoms with E-state index in [1.807, 2.05) is 6.92 Å². The fraction of sp³-hybridized carbons (Fsp3) is 0.0909. The Morgan fingerprint density at radius 1 is 1.29 bits per heavy atom. The van der Waals surface area contributed by atoms with Gasteiger partial charge < -0.3 is 5.11 Å². The highest BCUT2D eigenvalue weighted by Gasteiger charge is 2.13. The lowest BCUT2D eigenvalue weighted by molar-refractivity contribution is 0.0686. The molecule has 86 valence electrons. The normalized spacial score (nSPS) is 10.2. The van der Waals surface area contributed by atoms with Gasteiger partial charge in [-0.3, -0.25) is 0 Å². The van der Waals surface area contributed by atoms with E-state index in [-0.39, 0.29) is 5.69 Å². The van der Waals surface area contributed by atoms with Crippen molar-refractivity contribution in [1.29, 1.82) is 0 Å². The van der Waals surface area contributed by atoms with Crippen LogP contribution in [0.4, 0.5) is 0 Å². The number of aromatic carboxylic acids is 1. The van der Waals surface area contributed by atoms with Gasteiger partial charge in [-0.2, -0.15) is 0 Å². The van der Waals surface area contributed by atoms with Crippen LogP contribution in [0.25, 0.3) is 0 Å². The number of rotatable bonds is 3. The minimum absolute atomic E-state index is 0.0163. The maximum atomic E-state index is 11.0. The highest BCUT2D eigenvalue weighted by atomic mass is 32.2. The third kappa shape index (κ3) is 2.79. The van der Waals surface area contributed by atoms with E-state index >= 15 is 0 Å². The highest BCUT2D eigenvalue weighted by molar-refractivity contribution is 7.99. The number of hydrogen-bond donors (Lipinski definition) is 1. The Labute approximate surface area is 102 Å². The Morgan fingerprint density at radius 3 is 2.82 bits per heavy atom. The molecule has 0 aliphatic heterocycles. The van der Waals surface area contributed by atoms with Gasteiger partial charge in [0.05, 0.1) is 0 Å². The Bertz CT molecular complexity index is 560. The summed E-state index contributed by atoms with van der Waals surface area (Å²) in [5.74, 6) is -1.05. The molecular formula is C11H9N3O2S. The first-order valence-electron chi connectivity index (χ1n) is 4.82. The summed E-state index contributed by atoms with van der Waals surface area (Å²) in [6.45, 7) is 1.85. The second-order valence-electron chi connectivity index (χ2n) is 3.24. The first-order valence-corrected chi connectivity index (χ1v) is 5.64. The monoisotopic (exact) mass is 247 g/mol. The quantitative estimate of drug-likeness (QED) is 0.836. The first-order chi connectivity index (χ1) is 8.16. The van der Waals surface area contributed by atoms with Crippen LogP contribution in [0.1, 0.15) is 16.2 Å². The third-order valence-electron chi connectivity index (χ3n) is 1.95. The molecule has 2 aromatic rings. The van der Waals surface area contributed by atoms with Crippen LogP contribution in [0.2, 0.25) is 0 Å². The van der Waals surface area contributed by atoms with E-state index < -0.39 is 5.97 Å². The lowest BCUT2D eigenvalue weighted by Crippen LogP contribution is -2.02. The molecule has 0 aromatic carbocycles. The molecule has 2 aromatic heterocycles. The molecule has 0 aliphatic rings. The van der Waals surface area contributed by atoms with Crippen LogP contribution < -0.4 is 0 Å². The number of nitrogens with zero attached hydrogens (tertiary/aromatic N) is 3. The van der Waals surface area contributed by atoms with Crippen LogP contribution >= 0.6 is 11.8 Å². The number of carboxylic acids is 1. The molecule has 2 rings (SSSR count). The van der Waals surface area contributed by atoms with Gasteiger partial charge in [0.25, 0.3) is 0 Å². The molecule has 0 atom stereocenters. The Hall–Kier alpha value is -1.95. The molecule has 0 amide bonds. The van der Waals surface area contributed by atoms with Gasteiger partial charge in [0.15, 0.2) is 10.9 Å². The van der Waals surface area contributed by atoms with Gasteiger partial charge >= 0.3 is 5.97 Å². The van der Waals surface area contributed by atoms with Crippen LogP contribution in [0.5, 0.6) is 0 Å². The maximum absolute atomic E-state index is 11.0. The summed E-state index contributed by atoms with van der Waals surface area (Å²) in [5.41, 5.74) is 0.853. The van der Waals surface area contributed by atoms with E-state index in [2.05, 4.69) is 15.0 Å². The van der Waals surface area contributed by atoms with Crippen LogP contribution in [-0.4, -0.2) is 26.0 Å². The minimum Gasteiger partial charge on any atom is -0.476 e. The Balaban J connectivity index is 2.33. The van der Waals surface area contributed by atoms with Crippen LogP contribution in [0.3, 0.4) is 0 Å². The molecule has 0 spiro atoms. The molecule has 0 aliphatic carbocycles. The van der Waals surface area contributed by atoms with Crippen molar-refractivity contribution in [2.75, 3.05) is 0 Å². The standard InChI is InChI=1S/C11H9N3O2S/c1-7-4-6-13-11(14-7)17-8-3-2-5-12-9(8)10(15)16/h2-6H,1H3,(H,15,16). The Kier molecular flexibility index (Phi) is 3.34. The molecule has 5 nitrogen and oxygen atoms in total. The highest BCUT2D eigenvalue weighted by Crippen LogP contribution is 2.26. The summed E-state index contributed by atoms with van der Waals surface area (Å²) < 4.78 is 0. The van der Waals surface area contributed by atoms with E-state index in [1.54, 1.807) is 24.4 Å². The molecule has 0 saturated heterocycles. The summed E-state index contributed by atoms with van der Waals surface area (Å²) in [6, 6.07) is 5.16. The molecule has 1 N–H and O–H groups in total. The molecule has 17 heavy (non-hydrogen) atoms. The molecule has 2 heterocycles. The molecule has 0 unspecified atom stereocenters. The summed E-state index contributed by atoms with van der Waals surface area (Å²) in [6.07, 6.45) is 3.09. The number of aryl methyl sites for hydroxylation is 1. The first kappa shape index (κ1) is 11.5. The lowest BCUT2D eigenvalue weighted by Gasteiger charge is -2.03. The van der Waals surface area contributed by atoms with Gasteiger partial charge in [-0.25, -0.2) is 19.7 Å². The SMILES string of the molecule is Cc1ccnc(Sc2cccnc2C(=O)O)n1. The fourth-order valence-corrected chi connectivity index (χ4v) is 2.09. The number of carbonyl (C=O) groups is 1. The van der Waals surface area contributed by atoms with Gasteiger partial charge in [-0.1, -0.05) is 0 Å². The summed E-state index contributed by atoms with van der Waals surface area (Å²) in [7, 11) is 0. The summed E-state index contributed by atoms with van der Waals surface area (Å²) in [5, 5.41) is 9.50. The zero-order chi connectivity index (χ0) is 12.3. The van der Waals surface area contributed by atoms with Crippen molar-refractivity contribution in [3.8, 4) is 0 Å². The van der Waals surface area contributed by atoms with Gasteiger partial charge in [0.1, 0.15) is 0 Å². The number of hydrogen-bond acceptors (Lipinski definition) is 5. The molecule has 0 saturated carbocycles. The van der Waals surface area contributed by atoms with E-state index in [9.17, 15) is 4.79 Å². The number of aromatic nitrogens is 3. The Morgan fingerprint density at radius 2 is 2.12 bits per heavy atom. The molecule has 0 bridgehead atoms. The predicted molar refractivity (Wildman–Crippen MR) is 62.1 cm³/mol. The van der Waals surface area contributed by atoms with Crippen molar-refractivity contribution in [3.05, 3.63) is 42.0 Å².